The van der Waals surface area contributed by atoms with E-state index in [4.69, 9.17) is 16.3 Å². The summed E-state index contributed by atoms with van der Waals surface area (Å²) in [4.78, 5) is 12.9. The van der Waals surface area contributed by atoms with E-state index in [0.717, 1.165) is 6.07 Å². The Balaban J connectivity index is 2.59. The molecule has 0 aliphatic heterocycles. The highest BCUT2D eigenvalue weighted by molar-refractivity contribution is 14.1. The lowest BCUT2D eigenvalue weighted by Gasteiger charge is -2.23. The van der Waals surface area contributed by atoms with Gasteiger partial charge in [-0.25, -0.2) is 17.1 Å². The minimum absolute atomic E-state index is 0.0462. The van der Waals surface area contributed by atoms with E-state index >= 15 is 0 Å². The number of sulfonamides is 1. The molecule has 0 spiro atoms. The van der Waals surface area contributed by atoms with Gasteiger partial charge in [0, 0.05) is 15.2 Å². The number of anilines is 1. The molecule has 0 aromatic heterocycles. The van der Waals surface area contributed by atoms with Crippen LogP contribution >= 0.6 is 34.2 Å². The molecule has 26 heavy (non-hydrogen) atoms. The average Bonchev–Trinajstić information content (AvgIpc) is 2.57. The second-order valence-corrected chi connectivity index (χ2v) is 8.84. The Kier molecular flexibility index (Phi) is 6.86. The predicted octanol–water partition coefficient (Wildman–Crippen LogP) is 4.48. The Morgan fingerprint density at radius 1 is 1.27 bits per heavy atom. The van der Waals surface area contributed by atoms with Crippen LogP contribution in [-0.2, 0) is 10.0 Å². The molecule has 0 aliphatic carbocycles. The molecule has 0 N–H and O–H groups in total. The molecule has 0 bridgehead atoms. The monoisotopic (exact) mass is 511 g/mol. The van der Waals surface area contributed by atoms with E-state index in [-0.39, 0.29) is 22.8 Å². The molecule has 0 fully saturated rings. The van der Waals surface area contributed by atoms with Crippen LogP contribution in [0.25, 0.3) is 0 Å². The Hall–Kier alpha value is -1.39. The maximum Gasteiger partial charge on any atom is 0.272 e. The van der Waals surface area contributed by atoms with Gasteiger partial charge in [0.2, 0.25) is 10.0 Å². The van der Waals surface area contributed by atoms with Crippen LogP contribution in [0.3, 0.4) is 0 Å². The molecule has 0 aliphatic rings. The third-order valence-electron chi connectivity index (χ3n) is 3.46. The van der Waals surface area contributed by atoms with Gasteiger partial charge < -0.3 is 4.74 Å². The van der Waals surface area contributed by atoms with Gasteiger partial charge in [-0.05, 0) is 59.3 Å². The van der Waals surface area contributed by atoms with Gasteiger partial charge in [0.1, 0.15) is 0 Å². The maximum atomic E-state index is 14.1. The third-order valence-corrected chi connectivity index (χ3v) is 6.86. The van der Waals surface area contributed by atoms with E-state index < -0.39 is 21.7 Å². The number of hydrogen-bond donors (Lipinski definition) is 0. The van der Waals surface area contributed by atoms with Gasteiger partial charge in [-0.3, -0.25) is 4.79 Å². The smallest absolute Gasteiger partial charge is 0.272 e. The summed E-state index contributed by atoms with van der Waals surface area (Å²) in [6, 6.07) is 7.99. The second-order valence-electron chi connectivity index (χ2n) is 5.33. The largest absolute Gasteiger partial charge is 0.494 e. The van der Waals surface area contributed by atoms with Crippen LogP contribution in [0.15, 0.2) is 36.4 Å². The minimum Gasteiger partial charge on any atom is -0.494 e. The van der Waals surface area contributed by atoms with Crippen LogP contribution in [0, 0.1) is 9.39 Å². The number of carbonyl (C=O) groups is 1. The predicted molar refractivity (Wildman–Crippen MR) is 108 cm³/mol. The van der Waals surface area contributed by atoms with Crippen molar-refractivity contribution in [2.24, 2.45) is 0 Å². The van der Waals surface area contributed by atoms with Crippen LogP contribution in [0.5, 0.6) is 5.75 Å². The molecule has 0 unspecified atom stereocenters. The van der Waals surface area contributed by atoms with Crippen molar-refractivity contribution >= 4 is 55.8 Å². The first-order chi connectivity index (χ1) is 12.2. The number of ether oxygens (including phenoxy) is 1. The number of rotatable bonds is 6. The highest BCUT2D eigenvalue weighted by atomic mass is 127. The van der Waals surface area contributed by atoms with E-state index in [2.05, 4.69) is 0 Å². The first-order valence-corrected chi connectivity index (χ1v) is 10.6. The Morgan fingerprint density at radius 2 is 1.96 bits per heavy atom. The highest BCUT2D eigenvalue weighted by Gasteiger charge is 2.30. The third kappa shape index (κ3) is 4.47. The van der Waals surface area contributed by atoms with Crippen molar-refractivity contribution in [2.75, 3.05) is 17.2 Å². The number of hydrogen-bond acceptors (Lipinski definition) is 4. The number of halogens is 3. The molecule has 0 saturated heterocycles. The van der Waals surface area contributed by atoms with Crippen LogP contribution in [0.4, 0.5) is 10.1 Å². The lowest BCUT2D eigenvalue weighted by Crippen LogP contribution is -2.38. The zero-order valence-electron chi connectivity index (χ0n) is 14.0. The normalized spacial score (nSPS) is 11.3. The van der Waals surface area contributed by atoms with Crippen molar-refractivity contribution in [1.29, 1.82) is 0 Å². The van der Waals surface area contributed by atoms with Crippen molar-refractivity contribution in [3.63, 3.8) is 0 Å². The molecule has 2 aromatic carbocycles. The number of benzene rings is 2. The fraction of sp³-hybridized carbons (Fsp3) is 0.235. The van der Waals surface area contributed by atoms with E-state index in [1.165, 1.54) is 37.4 Å². The molecule has 0 saturated carbocycles. The van der Waals surface area contributed by atoms with Crippen molar-refractivity contribution < 1.29 is 22.3 Å². The van der Waals surface area contributed by atoms with E-state index in [1.54, 1.807) is 6.92 Å². The quantitative estimate of drug-likeness (QED) is 0.537. The first kappa shape index (κ1) is 20.9. The van der Waals surface area contributed by atoms with Crippen molar-refractivity contribution in [3.05, 3.63) is 56.4 Å². The lowest BCUT2D eigenvalue weighted by molar-refractivity contribution is 0.101. The summed E-state index contributed by atoms with van der Waals surface area (Å²) in [6.07, 6.45) is 0.308. The number of methoxy groups -OCH3 is 1. The average molecular weight is 512 g/mol. The SMILES string of the molecule is CCCS(=O)(=O)N(C(=O)c1ccc(Cl)c(I)c1)c1ccc(OC)c(F)c1. The second kappa shape index (κ2) is 8.53. The maximum absolute atomic E-state index is 14.1. The zero-order valence-corrected chi connectivity index (χ0v) is 17.7. The molecule has 140 valence electrons. The van der Waals surface area contributed by atoms with Gasteiger partial charge in [0.25, 0.3) is 5.91 Å². The first-order valence-electron chi connectivity index (χ1n) is 7.57. The number of carbonyl (C=O) groups excluding carboxylic acids is 1. The summed E-state index contributed by atoms with van der Waals surface area (Å²) in [5.74, 6) is -1.84. The van der Waals surface area contributed by atoms with Crippen molar-refractivity contribution in [2.45, 2.75) is 13.3 Å². The number of nitrogens with zero attached hydrogens (tertiary/aromatic N) is 1. The standard InChI is InChI=1S/C17H16ClFINO4S/c1-3-8-26(23,24)21(12-5-7-16(25-2)14(19)10-12)17(22)11-4-6-13(18)15(20)9-11/h4-7,9-10H,3,8H2,1-2H3. The van der Waals surface area contributed by atoms with Crippen LogP contribution in [0.1, 0.15) is 23.7 Å². The van der Waals surface area contributed by atoms with Gasteiger partial charge in [0.15, 0.2) is 11.6 Å². The number of amides is 1. The summed E-state index contributed by atoms with van der Waals surface area (Å²) in [7, 11) is -2.70. The topological polar surface area (TPSA) is 63.7 Å². The van der Waals surface area contributed by atoms with E-state index in [9.17, 15) is 17.6 Å². The Bertz CT molecular complexity index is 936. The fourth-order valence-electron chi connectivity index (χ4n) is 2.28. The van der Waals surface area contributed by atoms with Gasteiger partial charge in [-0.1, -0.05) is 18.5 Å². The van der Waals surface area contributed by atoms with Gasteiger partial charge in [-0.15, -0.1) is 0 Å². The zero-order chi connectivity index (χ0) is 19.5. The summed E-state index contributed by atoms with van der Waals surface area (Å²) in [5, 5.41) is 0.445. The van der Waals surface area contributed by atoms with E-state index in [1.807, 2.05) is 22.6 Å². The lowest BCUT2D eigenvalue weighted by atomic mass is 10.2. The van der Waals surface area contributed by atoms with Crippen LogP contribution in [-0.4, -0.2) is 27.2 Å². The molecule has 2 aromatic rings. The molecule has 0 atom stereocenters. The fourth-order valence-corrected chi connectivity index (χ4v) is 4.41. The van der Waals surface area contributed by atoms with Gasteiger partial charge in [0.05, 0.1) is 23.6 Å². The molecular weight excluding hydrogens is 496 g/mol. The van der Waals surface area contributed by atoms with Crippen LogP contribution in [0.2, 0.25) is 5.02 Å². The summed E-state index contributed by atoms with van der Waals surface area (Å²) < 4.78 is 45.5. The molecule has 0 radical (unpaired) electrons. The molecule has 2 rings (SSSR count). The Labute approximate surface area is 170 Å². The summed E-state index contributed by atoms with van der Waals surface area (Å²) in [6.45, 7) is 1.68. The Morgan fingerprint density at radius 3 is 2.50 bits per heavy atom. The van der Waals surface area contributed by atoms with Crippen molar-refractivity contribution in [3.8, 4) is 5.75 Å². The van der Waals surface area contributed by atoms with Crippen molar-refractivity contribution in [1.82, 2.24) is 0 Å². The van der Waals surface area contributed by atoms with Crippen LogP contribution < -0.4 is 9.04 Å². The minimum atomic E-state index is -3.99. The van der Waals surface area contributed by atoms with E-state index in [0.29, 0.717) is 19.3 Å². The molecular formula is C17H16ClFINO4S. The summed E-state index contributed by atoms with van der Waals surface area (Å²) >= 11 is 7.91. The molecule has 9 heteroatoms. The highest BCUT2D eigenvalue weighted by Crippen LogP contribution is 2.28. The van der Waals surface area contributed by atoms with Gasteiger partial charge >= 0.3 is 0 Å². The summed E-state index contributed by atoms with van der Waals surface area (Å²) in [5.41, 5.74) is 0.0430. The molecule has 5 nitrogen and oxygen atoms in total. The molecule has 0 heterocycles. The molecule has 1 amide bonds. The van der Waals surface area contributed by atoms with Gasteiger partial charge in [-0.2, -0.15) is 0 Å².